The molecule has 0 spiro atoms. The zero-order chi connectivity index (χ0) is 13.9. The summed E-state index contributed by atoms with van der Waals surface area (Å²) in [5, 5.41) is 4.44. The Kier molecular flexibility index (Phi) is 3.64. The Morgan fingerprint density at radius 1 is 1.35 bits per heavy atom. The van der Waals surface area contributed by atoms with Gasteiger partial charge in [0.05, 0.1) is 19.2 Å². The van der Waals surface area contributed by atoms with Crippen LogP contribution >= 0.6 is 0 Å². The van der Waals surface area contributed by atoms with Gasteiger partial charge in [-0.2, -0.15) is 0 Å². The number of carbonyl (C=O) groups excluding carboxylic acids is 1. The van der Waals surface area contributed by atoms with Gasteiger partial charge in [0.15, 0.2) is 11.5 Å². The number of ether oxygens (including phenoxy) is 1. The summed E-state index contributed by atoms with van der Waals surface area (Å²) in [5.74, 6) is 0.446. The van der Waals surface area contributed by atoms with E-state index in [4.69, 9.17) is 4.74 Å². The van der Waals surface area contributed by atoms with Crippen molar-refractivity contribution in [1.82, 2.24) is 19.5 Å². The second kappa shape index (κ2) is 5.58. The molecule has 0 amide bonds. The third kappa shape index (κ3) is 2.65. The predicted molar refractivity (Wildman–Crippen MR) is 73.5 cm³/mol. The Labute approximate surface area is 117 Å². The highest BCUT2D eigenvalue weighted by Crippen LogP contribution is 2.12. The zero-order valence-electron chi connectivity index (χ0n) is 11.6. The number of piperidine rings is 1. The number of rotatable bonds is 3. The Balaban J connectivity index is 1.81. The molecule has 2 aromatic rings. The number of hydrogen-bond donors (Lipinski definition) is 0. The van der Waals surface area contributed by atoms with Crippen LogP contribution in [0.5, 0.6) is 0 Å². The van der Waals surface area contributed by atoms with Crippen molar-refractivity contribution in [2.24, 2.45) is 0 Å². The number of esters is 1. The number of pyridine rings is 1. The van der Waals surface area contributed by atoms with E-state index in [0.29, 0.717) is 11.2 Å². The predicted octanol–water partition coefficient (Wildman–Crippen LogP) is 1.50. The summed E-state index contributed by atoms with van der Waals surface area (Å²) < 4.78 is 6.41. The Hall–Kier alpha value is -1.95. The summed E-state index contributed by atoms with van der Waals surface area (Å²) in [7, 11) is 1.37. The SMILES string of the molecule is COC(=O)c1ccn2nc(CN3CCCCC3)nc2c1. The Morgan fingerprint density at radius 3 is 2.90 bits per heavy atom. The van der Waals surface area contributed by atoms with Gasteiger partial charge in [-0.25, -0.2) is 14.3 Å². The van der Waals surface area contributed by atoms with Gasteiger partial charge in [-0.15, -0.1) is 5.10 Å². The van der Waals surface area contributed by atoms with Crippen LogP contribution in [0.25, 0.3) is 5.65 Å². The van der Waals surface area contributed by atoms with Crippen LogP contribution in [0.1, 0.15) is 35.4 Å². The van der Waals surface area contributed by atoms with Gasteiger partial charge in [0.25, 0.3) is 0 Å². The summed E-state index contributed by atoms with van der Waals surface area (Å²) in [6.07, 6.45) is 5.56. The first-order valence-corrected chi connectivity index (χ1v) is 6.92. The third-order valence-electron chi connectivity index (χ3n) is 3.62. The quantitative estimate of drug-likeness (QED) is 0.794. The number of carbonyl (C=O) groups is 1. The number of fused-ring (bicyclic) bond motifs is 1. The number of methoxy groups -OCH3 is 1. The van der Waals surface area contributed by atoms with Gasteiger partial charge < -0.3 is 4.74 Å². The minimum absolute atomic E-state index is 0.354. The Morgan fingerprint density at radius 2 is 2.15 bits per heavy atom. The molecule has 0 atom stereocenters. The molecule has 0 saturated carbocycles. The molecule has 0 aliphatic carbocycles. The zero-order valence-corrected chi connectivity index (χ0v) is 11.6. The lowest BCUT2D eigenvalue weighted by atomic mass is 10.1. The van der Waals surface area contributed by atoms with Gasteiger partial charge in [-0.05, 0) is 38.1 Å². The van der Waals surface area contributed by atoms with Crippen molar-refractivity contribution in [1.29, 1.82) is 0 Å². The summed E-state index contributed by atoms with van der Waals surface area (Å²) in [5.41, 5.74) is 1.18. The maximum Gasteiger partial charge on any atom is 0.338 e. The maximum atomic E-state index is 11.5. The van der Waals surface area contributed by atoms with Crippen LogP contribution in [-0.4, -0.2) is 45.7 Å². The van der Waals surface area contributed by atoms with Gasteiger partial charge in [0.2, 0.25) is 0 Å². The molecular weight excluding hydrogens is 256 g/mol. The van der Waals surface area contributed by atoms with Crippen LogP contribution in [-0.2, 0) is 11.3 Å². The fourth-order valence-corrected chi connectivity index (χ4v) is 2.56. The molecule has 20 heavy (non-hydrogen) atoms. The maximum absolute atomic E-state index is 11.5. The van der Waals surface area contributed by atoms with Crippen LogP contribution in [0, 0.1) is 0 Å². The van der Waals surface area contributed by atoms with Crippen LogP contribution in [0.4, 0.5) is 0 Å². The molecule has 106 valence electrons. The van der Waals surface area contributed by atoms with E-state index in [0.717, 1.165) is 25.5 Å². The second-order valence-corrected chi connectivity index (χ2v) is 5.07. The van der Waals surface area contributed by atoms with Crippen molar-refractivity contribution in [3.05, 3.63) is 29.7 Å². The molecule has 6 nitrogen and oxygen atoms in total. The standard InChI is InChI=1S/C14H18N4O2/c1-20-14(19)11-5-8-18-13(9-11)15-12(16-18)10-17-6-3-2-4-7-17/h5,8-9H,2-4,6-7,10H2,1H3. The molecule has 1 aliphatic rings. The largest absolute Gasteiger partial charge is 0.465 e. The van der Waals surface area contributed by atoms with Crippen LogP contribution in [0.2, 0.25) is 0 Å². The number of aromatic nitrogens is 3. The van der Waals surface area contributed by atoms with E-state index in [2.05, 4.69) is 15.0 Å². The van der Waals surface area contributed by atoms with E-state index >= 15 is 0 Å². The summed E-state index contributed by atoms with van der Waals surface area (Å²) >= 11 is 0. The summed E-state index contributed by atoms with van der Waals surface area (Å²) in [6, 6.07) is 3.40. The van der Waals surface area contributed by atoms with E-state index in [-0.39, 0.29) is 5.97 Å². The first-order valence-electron chi connectivity index (χ1n) is 6.92. The molecule has 1 fully saturated rings. The average molecular weight is 274 g/mol. The normalized spacial score (nSPS) is 16.4. The smallest absolute Gasteiger partial charge is 0.338 e. The van der Waals surface area contributed by atoms with Gasteiger partial charge >= 0.3 is 5.97 Å². The molecule has 3 heterocycles. The van der Waals surface area contributed by atoms with E-state index in [1.165, 1.54) is 26.4 Å². The van der Waals surface area contributed by atoms with E-state index in [1.807, 2.05) is 0 Å². The van der Waals surface area contributed by atoms with Crippen molar-refractivity contribution in [3.63, 3.8) is 0 Å². The molecule has 1 saturated heterocycles. The molecule has 6 heteroatoms. The fourth-order valence-electron chi connectivity index (χ4n) is 2.56. The molecule has 0 bridgehead atoms. The minimum atomic E-state index is -0.354. The molecular formula is C14H18N4O2. The average Bonchev–Trinajstić information content (AvgIpc) is 2.88. The summed E-state index contributed by atoms with van der Waals surface area (Å²) in [4.78, 5) is 18.4. The van der Waals surface area contributed by atoms with E-state index in [9.17, 15) is 4.79 Å². The van der Waals surface area contributed by atoms with Crippen molar-refractivity contribution < 1.29 is 9.53 Å². The number of likely N-dealkylation sites (tertiary alicyclic amines) is 1. The van der Waals surface area contributed by atoms with Gasteiger partial charge in [-0.1, -0.05) is 6.42 Å². The first kappa shape index (κ1) is 13.1. The highest BCUT2D eigenvalue weighted by Gasteiger charge is 2.14. The lowest BCUT2D eigenvalue weighted by Crippen LogP contribution is -2.29. The lowest BCUT2D eigenvalue weighted by Gasteiger charge is -2.24. The van der Waals surface area contributed by atoms with Crippen molar-refractivity contribution in [3.8, 4) is 0 Å². The fraction of sp³-hybridized carbons (Fsp3) is 0.500. The monoisotopic (exact) mass is 274 g/mol. The first-order chi connectivity index (χ1) is 9.76. The van der Waals surface area contributed by atoms with Gasteiger partial charge in [0.1, 0.15) is 0 Å². The molecule has 2 aromatic heterocycles. The molecule has 0 unspecified atom stereocenters. The van der Waals surface area contributed by atoms with Gasteiger partial charge in [0, 0.05) is 6.20 Å². The number of nitrogens with zero attached hydrogens (tertiary/aromatic N) is 4. The molecule has 1 aliphatic heterocycles. The molecule has 0 aromatic carbocycles. The molecule has 3 rings (SSSR count). The van der Waals surface area contributed by atoms with E-state index < -0.39 is 0 Å². The van der Waals surface area contributed by atoms with Crippen LogP contribution < -0.4 is 0 Å². The highest BCUT2D eigenvalue weighted by atomic mass is 16.5. The molecule has 0 radical (unpaired) electrons. The van der Waals surface area contributed by atoms with Crippen molar-refractivity contribution in [2.75, 3.05) is 20.2 Å². The van der Waals surface area contributed by atoms with Crippen LogP contribution in [0.15, 0.2) is 18.3 Å². The Bertz CT molecular complexity index is 617. The van der Waals surface area contributed by atoms with E-state index in [1.54, 1.807) is 22.8 Å². The van der Waals surface area contributed by atoms with Crippen LogP contribution in [0.3, 0.4) is 0 Å². The second-order valence-electron chi connectivity index (χ2n) is 5.07. The molecule has 0 N–H and O–H groups in total. The summed E-state index contributed by atoms with van der Waals surface area (Å²) in [6.45, 7) is 3.00. The number of hydrogen-bond acceptors (Lipinski definition) is 5. The minimum Gasteiger partial charge on any atom is -0.465 e. The third-order valence-corrected chi connectivity index (χ3v) is 3.62. The van der Waals surface area contributed by atoms with Crippen molar-refractivity contribution in [2.45, 2.75) is 25.8 Å². The topological polar surface area (TPSA) is 59.7 Å². The lowest BCUT2D eigenvalue weighted by molar-refractivity contribution is 0.0600. The highest BCUT2D eigenvalue weighted by molar-refractivity contribution is 5.90. The van der Waals surface area contributed by atoms with Crippen molar-refractivity contribution >= 4 is 11.6 Å². The van der Waals surface area contributed by atoms with Gasteiger partial charge in [-0.3, -0.25) is 4.90 Å².